The first-order valence-corrected chi connectivity index (χ1v) is 4.48. The number of benzene rings is 1. The molecule has 0 aliphatic heterocycles. The average Bonchev–Trinajstić information content (AvgIpc) is 2.49. The summed E-state index contributed by atoms with van der Waals surface area (Å²) in [5.74, 6) is 0.750. The number of nitrogens with one attached hydrogen (secondary N) is 1. The van der Waals surface area contributed by atoms with E-state index in [1.807, 2.05) is 19.1 Å². The second-order valence-electron chi connectivity index (χ2n) is 2.70. The third kappa shape index (κ3) is 1.47. The predicted octanol–water partition coefficient (Wildman–Crippen LogP) is 2.91. The first-order valence-electron chi connectivity index (χ1n) is 4.10. The van der Waals surface area contributed by atoms with Crippen LogP contribution in [0.15, 0.2) is 22.7 Å². The first-order chi connectivity index (χ1) is 6.31. The minimum atomic E-state index is 0.690. The molecular weight excluding hydrogens is 188 g/mol. The van der Waals surface area contributed by atoms with Gasteiger partial charge in [-0.2, -0.15) is 0 Å². The summed E-state index contributed by atoms with van der Waals surface area (Å²) in [5, 5.41) is 8.59. The number of fused-ring (bicyclic) bond motifs is 1. The highest BCUT2D eigenvalue weighted by molar-refractivity contribution is 6.31. The van der Waals surface area contributed by atoms with Crippen molar-refractivity contribution in [1.29, 1.82) is 0 Å². The summed E-state index contributed by atoms with van der Waals surface area (Å²) in [6, 6.07) is 5.43. The van der Waals surface area contributed by atoms with Gasteiger partial charge >= 0.3 is 0 Å². The Hall–Kier alpha value is -1.22. The van der Waals surface area contributed by atoms with Gasteiger partial charge in [0.2, 0.25) is 0 Å². The molecule has 3 nitrogen and oxygen atoms in total. The summed E-state index contributed by atoms with van der Waals surface area (Å²) in [6.45, 7) is 2.82. The van der Waals surface area contributed by atoms with Crippen molar-refractivity contribution in [2.45, 2.75) is 6.92 Å². The minimum Gasteiger partial charge on any atom is -0.367 e. The Bertz CT molecular complexity index is 424. The molecule has 0 fully saturated rings. The van der Waals surface area contributed by atoms with Gasteiger partial charge in [-0.25, -0.2) is 0 Å². The van der Waals surface area contributed by atoms with Gasteiger partial charge in [0.05, 0.1) is 5.39 Å². The van der Waals surface area contributed by atoms with Crippen LogP contribution in [-0.2, 0) is 0 Å². The number of rotatable bonds is 2. The highest BCUT2D eigenvalue weighted by atomic mass is 35.5. The smallest absolute Gasteiger partial charge is 0.177 e. The maximum Gasteiger partial charge on any atom is 0.177 e. The fraction of sp³-hybridized carbons (Fsp3) is 0.222. The molecule has 0 saturated carbocycles. The van der Waals surface area contributed by atoms with Crippen LogP contribution in [0.4, 0.5) is 5.82 Å². The van der Waals surface area contributed by atoms with Crippen LogP contribution < -0.4 is 5.32 Å². The zero-order chi connectivity index (χ0) is 9.26. The third-order valence-electron chi connectivity index (χ3n) is 1.78. The van der Waals surface area contributed by atoms with Crippen LogP contribution >= 0.6 is 11.6 Å². The maximum atomic E-state index is 5.85. The van der Waals surface area contributed by atoms with Gasteiger partial charge < -0.3 is 9.84 Å². The third-order valence-corrected chi connectivity index (χ3v) is 2.01. The Morgan fingerprint density at radius 1 is 1.54 bits per heavy atom. The van der Waals surface area contributed by atoms with E-state index in [0.717, 1.165) is 23.3 Å². The van der Waals surface area contributed by atoms with Gasteiger partial charge in [0.25, 0.3) is 0 Å². The Kier molecular flexibility index (Phi) is 2.10. The van der Waals surface area contributed by atoms with E-state index in [0.29, 0.717) is 5.02 Å². The lowest BCUT2D eigenvalue weighted by molar-refractivity contribution is 0.459. The molecule has 0 bridgehead atoms. The molecule has 0 aliphatic carbocycles. The average molecular weight is 197 g/mol. The molecule has 2 rings (SSSR count). The van der Waals surface area contributed by atoms with Crippen LogP contribution in [0.2, 0.25) is 5.02 Å². The van der Waals surface area contributed by atoms with Crippen molar-refractivity contribution < 1.29 is 4.52 Å². The van der Waals surface area contributed by atoms with E-state index >= 15 is 0 Å². The Morgan fingerprint density at radius 3 is 3.15 bits per heavy atom. The number of aromatic nitrogens is 1. The molecule has 1 aromatic carbocycles. The molecule has 2 aromatic rings. The summed E-state index contributed by atoms with van der Waals surface area (Å²) < 4.78 is 5.09. The lowest BCUT2D eigenvalue weighted by atomic mass is 10.2. The number of nitrogens with zero attached hydrogens (tertiary/aromatic N) is 1. The van der Waals surface area contributed by atoms with Crippen LogP contribution in [0.5, 0.6) is 0 Å². The van der Waals surface area contributed by atoms with Crippen LogP contribution in [-0.4, -0.2) is 11.7 Å². The van der Waals surface area contributed by atoms with Crippen LogP contribution in [0.1, 0.15) is 6.92 Å². The predicted molar refractivity (Wildman–Crippen MR) is 53.2 cm³/mol. The van der Waals surface area contributed by atoms with E-state index in [1.54, 1.807) is 6.07 Å². The second-order valence-corrected chi connectivity index (χ2v) is 3.14. The highest BCUT2D eigenvalue weighted by Gasteiger charge is 2.06. The molecule has 0 saturated heterocycles. The van der Waals surface area contributed by atoms with E-state index in [-0.39, 0.29) is 0 Å². The van der Waals surface area contributed by atoms with Crippen molar-refractivity contribution in [1.82, 2.24) is 5.16 Å². The van der Waals surface area contributed by atoms with Crippen molar-refractivity contribution >= 4 is 28.4 Å². The van der Waals surface area contributed by atoms with Crippen molar-refractivity contribution in [3.8, 4) is 0 Å². The topological polar surface area (TPSA) is 38.1 Å². The van der Waals surface area contributed by atoms with Gasteiger partial charge in [-0.1, -0.05) is 16.8 Å². The molecule has 0 radical (unpaired) electrons. The molecule has 1 N–H and O–H groups in total. The zero-order valence-corrected chi connectivity index (χ0v) is 7.93. The van der Waals surface area contributed by atoms with Gasteiger partial charge in [0, 0.05) is 11.6 Å². The van der Waals surface area contributed by atoms with E-state index in [1.165, 1.54) is 0 Å². The Morgan fingerprint density at radius 2 is 2.38 bits per heavy atom. The van der Waals surface area contributed by atoms with E-state index in [2.05, 4.69) is 10.5 Å². The first kappa shape index (κ1) is 8.38. The monoisotopic (exact) mass is 196 g/mol. The van der Waals surface area contributed by atoms with Gasteiger partial charge in [-0.15, -0.1) is 0 Å². The number of hydrogen-bond donors (Lipinski definition) is 1. The van der Waals surface area contributed by atoms with Crippen LogP contribution in [0.3, 0.4) is 0 Å². The molecule has 0 atom stereocenters. The fourth-order valence-electron chi connectivity index (χ4n) is 1.21. The van der Waals surface area contributed by atoms with Gasteiger partial charge in [-0.05, 0) is 25.1 Å². The Balaban J connectivity index is 2.58. The van der Waals surface area contributed by atoms with Crippen molar-refractivity contribution in [2.24, 2.45) is 0 Å². The normalized spacial score (nSPS) is 10.6. The van der Waals surface area contributed by atoms with Gasteiger partial charge in [-0.3, -0.25) is 0 Å². The van der Waals surface area contributed by atoms with E-state index < -0.39 is 0 Å². The number of halogens is 1. The Labute approximate surface area is 80.7 Å². The van der Waals surface area contributed by atoms with Crippen molar-refractivity contribution in [3.05, 3.63) is 23.2 Å². The molecule has 0 amide bonds. The van der Waals surface area contributed by atoms with E-state index in [9.17, 15) is 0 Å². The highest BCUT2D eigenvalue weighted by Crippen LogP contribution is 2.25. The van der Waals surface area contributed by atoms with Gasteiger partial charge in [0.1, 0.15) is 0 Å². The number of hydrogen-bond acceptors (Lipinski definition) is 3. The molecule has 0 aliphatic rings. The number of anilines is 1. The minimum absolute atomic E-state index is 0.690. The lowest BCUT2D eigenvalue weighted by Gasteiger charge is -1.95. The lowest BCUT2D eigenvalue weighted by Crippen LogP contribution is -1.96. The largest absolute Gasteiger partial charge is 0.367 e. The summed E-state index contributed by atoms with van der Waals surface area (Å²) in [5.41, 5.74) is 0.750. The standard InChI is InChI=1S/C9H9ClN2O/c1-2-11-9-7-5-6(10)3-4-8(7)13-12-9/h3-5H,2H2,1H3,(H,11,12). The molecule has 1 heterocycles. The fourth-order valence-corrected chi connectivity index (χ4v) is 1.38. The molecule has 13 heavy (non-hydrogen) atoms. The second kappa shape index (κ2) is 3.26. The van der Waals surface area contributed by atoms with Crippen LogP contribution in [0.25, 0.3) is 11.0 Å². The summed E-state index contributed by atoms with van der Waals surface area (Å²) in [4.78, 5) is 0. The van der Waals surface area contributed by atoms with Gasteiger partial charge in [0.15, 0.2) is 11.4 Å². The van der Waals surface area contributed by atoms with Crippen LogP contribution in [0, 0.1) is 0 Å². The van der Waals surface area contributed by atoms with Crippen molar-refractivity contribution in [2.75, 3.05) is 11.9 Å². The SMILES string of the molecule is CCNc1noc2ccc(Cl)cc12. The summed E-state index contributed by atoms with van der Waals surface area (Å²) in [6.07, 6.45) is 0. The zero-order valence-electron chi connectivity index (χ0n) is 7.17. The maximum absolute atomic E-state index is 5.85. The molecule has 1 aromatic heterocycles. The molecule has 4 heteroatoms. The molecule has 68 valence electrons. The molecular formula is C9H9ClN2O. The van der Waals surface area contributed by atoms with Crippen molar-refractivity contribution in [3.63, 3.8) is 0 Å². The summed E-state index contributed by atoms with van der Waals surface area (Å²) >= 11 is 5.85. The van der Waals surface area contributed by atoms with E-state index in [4.69, 9.17) is 16.1 Å². The quantitative estimate of drug-likeness (QED) is 0.803. The summed E-state index contributed by atoms with van der Waals surface area (Å²) in [7, 11) is 0. The molecule has 0 unspecified atom stereocenters. The molecule has 0 spiro atoms.